The van der Waals surface area contributed by atoms with Gasteiger partial charge in [0.2, 0.25) is 5.91 Å². The highest BCUT2D eigenvalue weighted by Crippen LogP contribution is 2.10. The van der Waals surface area contributed by atoms with E-state index in [-0.39, 0.29) is 24.7 Å². The van der Waals surface area contributed by atoms with Crippen LogP contribution in [0.25, 0.3) is 0 Å². The summed E-state index contributed by atoms with van der Waals surface area (Å²) in [7, 11) is 1.70. The summed E-state index contributed by atoms with van der Waals surface area (Å²) in [6, 6.07) is 2.78. The van der Waals surface area contributed by atoms with Crippen molar-refractivity contribution in [2.75, 3.05) is 18.9 Å². The van der Waals surface area contributed by atoms with Crippen LogP contribution in [0.5, 0.6) is 0 Å². The number of halogens is 2. The molecule has 0 aliphatic rings. The fraction of sp³-hybridized carbons (Fsp3) is 0.417. The average molecular weight is 322 g/mol. The van der Waals surface area contributed by atoms with E-state index in [0.29, 0.717) is 17.4 Å². The second-order valence-electron chi connectivity index (χ2n) is 4.15. The van der Waals surface area contributed by atoms with Crippen LogP contribution >= 0.6 is 24.0 Å². The molecular weight excluding hydrogens is 305 g/mol. The average Bonchev–Trinajstić information content (AvgIpc) is 2.37. The molecule has 1 heterocycles. The van der Waals surface area contributed by atoms with E-state index in [0.717, 1.165) is 0 Å². The third-order valence-electron chi connectivity index (χ3n) is 2.70. The van der Waals surface area contributed by atoms with Crippen LogP contribution in [0, 0.1) is 0 Å². The van der Waals surface area contributed by atoms with E-state index in [1.165, 1.54) is 6.20 Å². The third kappa shape index (κ3) is 6.18. The number of hydrogen-bond acceptors (Lipinski definition) is 4. The number of aliphatic carboxylic acids is 1. The number of likely N-dealkylation sites (N-methyl/N-ethyl adjacent to an activating group) is 1. The van der Waals surface area contributed by atoms with Crippen LogP contribution < -0.4 is 5.32 Å². The summed E-state index contributed by atoms with van der Waals surface area (Å²) in [5.74, 6) is -0.727. The Morgan fingerprint density at radius 3 is 2.65 bits per heavy atom. The Bertz CT molecular complexity index is 454. The number of rotatable bonds is 6. The zero-order valence-electron chi connectivity index (χ0n) is 11.2. The molecule has 0 aromatic carbocycles. The molecule has 0 radical (unpaired) electrons. The second-order valence-corrected chi connectivity index (χ2v) is 4.59. The lowest BCUT2D eigenvalue weighted by atomic mass is 10.2. The van der Waals surface area contributed by atoms with Crippen molar-refractivity contribution >= 4 is 41.7 Å². The third-order valence-corrected chi connectivity index (χ3v) is 2.92. The number of carbonyl (C=O) groups is 2. The standard InChI is InChI=1S/C12H16ClN3O3.ClH/c1-8(16(2)6-5-11(17)18)12(19)15-10-4-3-9(13)7-14-10;/h3-4,7-8H,5-6H2,1-2H3,(H,17,18)(H,14,15,19);1H. The van der Waals surface area contributed by atoms with Crippen LogP contribution in [0.15, 0.2) is 18.3 Å². The van der Waals surface area contributed by atoms with Gasteiger partial charge in [-0.05, 0) is 26.1 Å². The Morgan fingerprint density at radius 1 is 1.50 bits per heavy atom. The highest BCUT2D eigenvalue weighted by molar-refractivity contribution is 6.30. The lowest BCUT2D eigenvalue weighted by Crippen LogP contribution is -2.40. The number of carbonyl (C=O) groups excluding carboxylic acids is 1. The topological polar surface area (TPSA) is 82.5 Å². The maximum absolute atomic E-state index is 11.9. The molecule has 1 aromatic heterocycles. The van der Waals surface area contributed by atoms with Gasteiger partial charge in [0.25, 0.3) is 0 Å². The Morgan fingerprint density at radius 2 is 2.15 bits per heavy atom. The molecule has 6 nitrogen and oxygen atoms in total. The monoisotopic (exact) mass is 321 g/mol. The van der Waals surface area contributed by atoms with Crippen LogP contribution in [0.3, 0.4) is 0 Å². The number of nitrogens with zero attached hydrogens (tertiary/aromatic N) is 2. The number of carboxylic acids is 1. The molecule has 0 saturated heterocycles. The summed E-state index contributed by atoms with van der Waals surface area (Å²) in [6.45, 7) is 2.01. The van der Waals surface area contributed by atoms with E-state index in [1.807, 2.05) is 0 Å². The van der Waals surface area contributed by atoms with Gasteiger partial charge in [0.15, 0.2) is 0 Å². The molecule has 1 aromatic rings. The van der Waals surface area contributed by atoms with Gasteiger partial charge in [0.1, 0.15) is 5.82 Å². The quantitative estimate of drug-likeness (QED) is 0.836. The van der Waals surface area contributed by atoms with Crippen molar-refractivity contribution in [2.24, 2.45) is 0 Å². The van der Waals surface area contributed by atoms with Crippen molar-refractivity contribution in [3.05, 3.63) is 23.4 Å². The Kier molecular flexibility index (Phi) is 8.13. The minimum atomic E-state index is -0.890. The molecule has 0 saturated carbocycles. The molecule has 2 N–H and O–H groups in total. The minimum absolute atomic E-state index is 0. The Hall–Kier alpha value is -1.37. The maximum atomic E-state index is 11.9. The highest BCUT2D eigenvalue weighted by atomic mass is 35.5. The van der Waals surface area contributed by atoms with Gasteiger partial charge in [0, 0.05) is 12.7 Å². The van der Waals surface area contributed by atoms with Gasteiger partial charge in [-0.1, -0.05) is 11.6 Å². The second kappa shape index (κ2) is 8.73. The van der Waals surface area contributed by atoms with E-state index >= 15 is 0 Å². The van der Waals surface area contributed by atoms with E-state index in [9.17, 15) is 9.59 Å². The molecule has 0 fully saturated rings. The highest BCUT2D eigenvalue weighted by Gasteiger charge is 2.18. The first kappa shape index (κ1) is 18.6. The molecule has 8 heteroatoms. The fourth-order valence-electron chi connectivity index (χ4n) is 1.35. The minimum Gasteiger partial charge on any atom is -0.481 e. The summed E-state index contributed by atoms with van der Waals surface area (Å²) in [4.78, 5) is 28.0. The number of pyridine rings is 1. The summed E-state index contributed by atoms with van der Waals surface area (Å²) >= 11 is 5.69. The predicted octanol–water partition coefficient (Wildman–Crippen LogP) is 1.89. The van der Waals surface area contributed by atoms with Crippen molar-refractivity contribution < 1.29 is 14.7 Å². The molecule has 0 aliphatic carbocycles. The van der Waals surface area contributed by atoms with Crippen LogP contribution in [0.2, 0.25) is 5.02 Å². The summed E-state index contributed by atoms with van der Waals surface area (Å²) in [6.07, 6.45) is 1.43. The smallest absolute Gasteiger partial charge is 0.304 e. The van der Waals surface area contributed by atoms with E-state index < -0.39 is 12.0 Å². The van der Waals surface area contributed by atoms with E-state index in [4.69, 9.17) is 16.7 Å². The van der Waals surface area contributed by atoms with Gasteiger partial charge >= 0.3 is 5.97 Å². The summed E-state index contributed by atoms with van der Waals surface area (Å²) in [5.41, 5.74) is 0. The lowest BCUT2D eigenvalue weighted by molar-refractivity contribution is -0.137. The number of aromatic nitrogens is 1. The van der Waals surface area contributed by atoms with Crippen LogP contribution in [0.1, 0.15) is 13.3 Å². The SMILES string of the molecule is CC(C(=O)Nc1ccc(Cl)cn1)N(C)CCC(=O)O.Cl. The van der Waals surface area contributed by atoms with Gasteiger partial charge in [-0.25, -0.2) is 4.98 Å². The van der Waals surface area contributed by atoms with Crippen molar-refractivity contribution in [1.29, 1.82) is 0 Å². The predicted molar refractivity (Wildman–Crippen MR) is 79.5 cm³/mol. The molecule has 20 heavy (non-hydrogen) atoms. The molecule has 0 aliphatic heterocycles. The number of amides is 1. The van der Waals surface area contributed by atoms with Crippen molar-refractivity contribution in [1.82, 2.24) is 9.88 Å². The van der Waals surface area contributed by atoms with Crippen molar-refractivity contribution in [3.8, 4) is 0 Å². The summed E-state index contributed by atoms with van der Waals surface area (Å²) in [5, 5.41) is 11.7. The molecule has 0 bridgehead atoms. The Balaban J connectivity index is 0.00000361. The Labute approximate surface area is 128 Å². The molecule has 1 amide bonds. The lowest BCUT2D eigenvalue weighted by Gasteiger charge is -2.22. The summed E-state index contributed by atoms with van der Waals surface area (Å²) < 4.78 is 0. The largest absolute Gasteiger partial charge is 0.481 e. The van der Waals surface area contributed by atoms with Gasteiger partial charge in [-0.3, -0.25) is 14.5 Å². The first-order valence-corrected chi connectivity index (χ1v) is 6.12. The van der Waals surface area contributed by atoms with E-state index in [1.54, 1.807) is 31.0 Å². The normalized spacial score (nSPS) is 11.6. The van der Waals surface area contributed by atoms with Gasteiger partial charge in [-0.2, -0.15) is 0 Å². The molecular formula is C12H17Cl2N3O3. The first-order chi connectivity index (χ1) is 8.90. The van der Waals surface area contributed by atoms with E-state index in [2.05, 4.69) is 10.3 Å². The molecule has 0 spiro atoms. The van der Waals surface area contributed by atoms with Gasteiger partial charge < -0.3 is 10.4 Å². The fourth-order valence-corrected chi connectivity index (χ4v) is 1.46. The van der Waals surface area contributed by atoms with Crippen molar-refractivity contribution in [2.45, 2.75) is 19.4 Å². The van der Waals surface area contributed by atoms with Crippen molar-refractivity contribution in [3.63, 3.8) is 0 Å². The number of carboxylic acid groups (broad SMARTS) is 1. The van der Waals surface area contributed by atoms with Gasteiger partial charge in [0.05, 0.1) is 17.5 Å². The number of anilines is 1. The van der Waals surface area contributed by atoms with Crippen LogP contribution in [-0.4, -0.2) is 46.5 Å². The first-order valence-electron chi connectivity index (χ1n) is 5.74. The molecule has 112 valence electrons. The number of nitrogens with one attached hydrogen (secondary N) is 1. The maximum Gasteiger partial charge on any atom is 0.304 e. The zero-order chi connectivity index (χ0) is 14.4. The molecule has 1 rings (SSSR count). The number of hydrogen-bond donors (Lipinski definition) is 2. The van der Waals surface area contributed by atoms with Crippen LogP contribution in [0.4, 0.5) is 5.82 Å². The molecule has 1 unspecified atom stereocenters. The molecule has 1 atom stereocenters. The van der Waals surface area contributed by atoms with Gasteiger partial charge in [-0.15, -0.1) is 12.4 Å². The zero-order valence-corrected chi connectivity index (χ0v) is 12.7. The van der Waals surface area contributed by atoms with Crippen LogP contribution in [-0.2, 0) is 9.59 Å².